The first kappa shape index (κ1) is 25.4. The van der Waals surface area contributed by atoms with Crippen LogP contribution in [0.4, 0.5) is 0 Å². The molecule has 0 radical (unpaired) electrons. The Bertz CT molecular complexity index is 824. The Labute approximate surface area is 199 Å². The molecule has 2 aromatic carbocycles. The van der Waals surface area contributed by atoms with Crippen LogP contribution in [0.3, 0.4) is 0 Å². The maximum absolute atomic E-state index is 9.76. The van der Waals surface area contributed by atoms with E-state index < -0.39 is 0 Å². The predicted molar refractivity (Wildman–Crippen MR) is 135 cm³/mol. The zero-order valence-corrected chi connectivity index (χ0v) is 20.3. The quantitative estimate of drug-likeness (QED) is 0.266. The lowest BCUT2D eigenvalue weighted by atomic mass is 10.0. The smallest absolute Gasteiger partial charge is 0.157 e. The Morgan fingerprint density at radius 3 is 2.36 bits per heavy atom. The number of hydrogen-bond donors (Lipinski definition) is 3. The van der Waals surface area contributed by atoms with Crippen molar-refractivity contribution in [3.05, 3.63) is 53.6 Å². The topological polar surface area (TPSA) is 67.2 Å². The van der Waals surface area contributed by atoms with Crippen LogP contribution in [-0.2, 0) is 12.8 Å². The fraction of sp³-hybridized carbons (Fsp3) is 0.571. The van der Waals surface area contributed by atoms with Crippen LogP contribution in [0.2, 0.25) is 0 Å². The van der Waals surface area contributed by atoms with Crippen molar-refractivity contribution in [3.63, 3.8) is 0 Å². The van der Waals surface area contributed by atoms with Gasteiger partial charge in [0.25, 0.3) is 0 Å². The van der Waals surface area contributed by atoms with Crippen molar-refractivity contribution < 1.29 is 15.3 Å². The molecule has 0 spiro atoms. The van der Waals surface area contributed by atoms with Gasteiger partial charge in [0, 0.05) is 12.6 Å². The number of rotatable bonds is 14. The average molecular weight is 455 g/mol. The van der Waals surface area contributed by atoms with Gasteiger partial charge in [-0.05, 0) is 107 Å². The van der Waals surface area contributed by atoms with Gasteiger partial charge in [-0.3, -0.25) is 0 Å². The van der Waals surface area contributed by atoms with Crippen molar-refractivity contribution >= 4 is 0 Å². The molecule has 1 atom stereocenters. The molecule has 182 valence electrons. The highest BCUT2D eigenvalue weighted by Gasteiger charge is 2.24. The van der Waals surface area contributed by atoms with Gasteiger partial charge in [-0.15, -0.1) is 0 Å². The normalized spacial score (nSPS) is 16.6. The van der Waals surface area contributed by atoms with Gasteiger partial charge >= 0.3 is 0 Å². The molecular formula is C28H42N2O3. The van der Waals surface area contributed by atoms with E-state index in [1.807, 2.05) is 18.2 Å². The molecule has 1 heterocycles. The molecule has 0 amide bonds. The van der Waals surface area contributed by atoms with Gasteiger partial charge in [0.2, 0.25) is 0 Å². The number of likely N-dealkylation sites (tertiary alicyclic amines) is 1. The molecule has 3 rings (SSSR count). The average Bonchev–Trinajstić information content (AvgIpc) is 3.24. The number of benzene rings is 2. The van der Waals surface area contributed by atoms with E-state index in [1.54, 1.807) is 24.3 Å². The van der Waals surface area contributed by atoms with Gasteiger partial charge in [-0.25, -0.2) is 0 Å². The van der Waals surface area contributed by atoms with Crippen molar-refractivity contribution in [3.8, 4) is 17.2 Å². The molecule has 1 aliphatic rings. The Morgan fingerprint density at radius 1 is 0.848 bits per heavy atom. The molecule has 0 saturated carbocycles. The van der Waals surface area contributed by atoms with Crippen LogP contribution in [0.15, 0.2) is 42.5 Å². The summed E-state index contributed by atoms with van der Waals surface area (Å²) >= 11 is 0. The third-order valence-electron chi connectivity index (χ3n) is 6.87. The maximum atomic E-state index is 9.76. The molecule has 0 aromatic heterocycles. The van der Waals surface area contributed by atoms with E-state index in [-0.39, 0.29) is 11.5 Å². The summed E-state index contributed by atoms with van der Waals surface area (Å²) in [5, 5.41) is 28.7. The third kappa shape index (κ3) is 8.56. The van der Waals surface area contributed by atoms with Crippen molar-refractivity contribution in [2.75, 3.05) is 32.7 Å². The molecular weight excluding hydrogens is 412 g/mol. The summed E-state index contributed by atoms with van der Waals surface area (Å²) in [6.45, 7) is 7.99. The molecule has 2 aromatic rings. The van der Waals surface area contributed by atoms with Crippen molar-refractivity contribution in [2.24, 2.45) is 0 Å². The summed E-state index contributed by atoms with van der Waals surface area (Å²) in [6, 6.07) is 13.4. The lowest BCUT2D eigenvalue weighted by Crippen LogP contribution is -2.32. The molecule has 5 heteroatoms. The maximum Gasteiger partial charge on any atom is 0.157 e. The molecule has 0 aliphatic carbocycles. The molecule has 5 nitrogen and oxygen atoms in total. The number of phenolic OH excluding ortho intramolecular Hbond substituents is 3. The first-order valence-corrected chi connectivity index (χ1v) is 12.8. The lowest BCUT2D eigenvalue weighted by molar-refractivity contribution is 0.242. The summed E-state index contributed by atoms with van der Waals surface area (Å²) in [5.74, 6) is 0.279. The van der Waals surface area contributed by atoms with E-state index in [1.165, 1.54) is 63.6 Å². The number of phenols is 3. The summed E-state index contributed by atoms with van der Waals surface area (Å²) in [7, 11) is 0. The molecule has 0 unspecified atom stereocenters. The molecule has 3 N–H and O–H groups in total. The minimum atomic E-state index is -0.0418. The fourth-order valence-corrected chi connectivity index (χ4v) is 4.99. The van der Waals surface area contributed by atoms with E-state index in [2.05, 4.69) is 16.7 Å². The van der Waals surface area contributed by atoms with Gasteiger partial charge in [-0.1, -0.05) is 38.0 Å². The summed E-state index contributed by atoms with van der Waals surface area (Å²) < 4.78 is 0. The second-order valence-corrected chi connectivity index (χ2v) is 9.53. The van der Waals surface area contributed by atoms with Crippen LogP contribution in [0.5, 0.6) is 17.2 Å². The largest absolute Gasteiger partial charge is 0.508 e. The van der Waals surface area contributed by atoms with Gasteiger partial charge in [0.1, 0.15) is 5.75 Å². The lowest BCUT2D eigenvalue weighted by Gasteiger charge is -2.25. The Kier molecular flexibility index (Phi) is 10.4. The number of unbranched alkanes of at least 4 members (excludes halogenated alkanes) is 3. The number of hydrogen-bond acceptors (Lipinski definition) is 5. The van der Waals surface area contributed by atoms with Crippen LogP contribution in [0.1, 0.15) is 63.0 Å². The predicted octanol–water partition coefficient (Wildman–Crippen LogP) is 5.33. The third-order valence-corrected chi connectivity index (χ3v) is 6.87. The molecule has 1 fully saturated rings. The molecule has 33 heavy (non-hydrogen) atoms. The van der Waals surface area contributed by atoms with Gasteiger partial charge < -0.3 is 25.1 Å². The zero-order chi connectivity index (χ0) is 23.5. The SMILES string of the molecule is CCCN(CCCCCCN1CCC[C@@H]1Cc1ccc(O)c(O)c1)CCc1ccc(O)cc1. The van der Waals surface area contributed by atoms with Gasteiger partial charge in [0.15, 0.2) is 11.5 Å². The second kappa shape index (κ2) is 13.5. The van der Waals surface area contributed by atoms with Gasteiger partial charge in [-0.2, -0.15) is 0 Å². The zero-order valence-electron chi connectivity index (χ0n) is 20.3. The highest BCUT2D eigenvalue weighted by molar-refractivity contribution is 5.40. The Hall–Kier alpha value is -2.24. The standard InChI is InChI=1S/C28H42N2O3/c1-2-16-29(20-15-23-9-12-26(31)13-10-23)17-5-3-4-6-18-30-19-7-8-25(30)21-24-11-14-27(32)28(33)22-24/h9-14,22,25,31-33H,2-8,15-21H2,1H3/t25-/m1/s1. The number of nitrogens with zero attached hydrogens (tertiary/aromatic N) is 2. The van der Waals surface area contributed by atoms with E-state index in [9.17, 15) is 15.3 Å². The van der Waals surface area contributed by atoms with Crippen molar-refractivity contribution in [1.29, 1.82) is 0 Å². The molecule has 1 aliphatic heterocycles. The monoisotopic (exact) mass is 454 g/mol. The highest BCUT2D eigenvalue weighted by atomic mass is 16.3. The minimum absolute atomic E-state index is 0.0165. The first-order chi connectivity index (χ1) is 16.0. The summed E-state index contributed by atoms with van der Waals surface area (Å²) in [6.07, 6.45) is 10.7. The van der Waals surface area contributed by atoms with Crippen LogP contribution >= 0.6 is 0 Å². The van der Waals surface area contributed by atoms with Crippen LogP contribution in [0, 0.1) is 0 Å². The van der Waals surface area contributed by atoms with Crippen molar-refractivity contribution in [1.82, 2.24) is 9.80 Å². The Balaban J connectivity index is 1.31. The van der Waals surface area contributed by atoms with Crippen LogP contribution in [0.25, 0.3) is 0 Å². The summed E-state index contributed by atoms with van der Waals surface area (Å²) in [5.41, 5.74) is 2.39. The van der Waals surface area contributed by atoms with Crippen LogP contribution < -0.4 is 0 Å². The number of aromatic hydroxyl groups is 3. The molecule has 0 bridgehead atoms. The van der Waals surface area contributed by atoms with E-state index in [4.69, 9.17) is 0 Å². The van der Waals surface area contributed by atoms with E-state index in [0.29, 0.717) is 11.8 Å². The summed E-state index contributed by atoms with van der Waals surface area (Å²) in [4.78, 5) is 5.20. The van der Waals surface area contributed by atoms with Gasteiger partial charge in [0.05, 0.1) is 0 Å². The van der Waals surface area contributed by atoms with Crippen LogP contribution in [-0.4, -0.2) is 63.9 Å². The first-order valence-electron chi connectivity index (χ1n) is 12.8. The fourth-order valence-electron chi connectivity index (χ4n) is 4.99. The van der Waals surface area contributed by atoms with E-state index in [0.717, 1.165) is 38.0 Å². The second-order valence-electron chi connectivity index (χ2n) is 9.53. The van der Waals surface area contributed by atoms with Crippen molar-refractivity contribution in [2.45, 2.75) is 70.8 Å². The van der Waals surface area contributed by atoms with E-state index >= 15 is 0 Å². The molecule has 1 saturated heterocycles. The Morgan fingerprint density at radius 2 is 1.61 bits per heavy atom. The minimum Gasteiger partial charge on any atom is -0.508 e. The highest BCUT2D eigenvalue weighted by Crippen LogP contribution is 2.28.